The van der Waals surface area contributed by atoms with Crippen LogP contribution in [0.2, 0.25) is 0 Å². The quantitative estimate of drug-likeness (QED) is 0.506. The van der Waals surface area contributed by atoms with Gasteiger partial charge in [-0.2, -0.15) is 0 Å². The number of aromatic nitrogens is 3. The normalized spacial score (nSPS) is 11.1. The summed E-state index contributed by atoms with van der Waals surface area (Å²) in [6.45, 7) is 1.96. The van der Waals surface area contributed by atoms with E-state index in [1.807, 2.05) is 30.9 Å². The molecule has 0 saturated carbocycles. The lowest BCUT2D eigenvalue weighted by Crippen LogP contribution is -1.86. The van der Waals surface area contributed by atoms with Crippen LogP contribution in [-0.2, 0) is 6.42 Å². The molecule has 0 spiro atoms. The van der Waals surface area contributed by atoms with Gasteiger partial charge in [0.15, 0.2) is 5.16 Å². The highest BCUT2D eigenvalue weighted by atomic mass is 32.2. The van der Waals surface area contributed by atoms with Gasteiger partial charge >= 0.3 is 0 Å². The largest absolute Gasteiger partial charge is 0.361 e. The van der Waals surface area contributed by atoms with Gasteiger partial charge in [-0.1, -0.05) is 36.2 Å². The third kappa shape index (κ3) is 6.18. The van der Waals surface area contributed by atoms with Crippen molar-refractivity contribution in [2.24, 2.45) is 0 Å². The molecule has 0 fully saturated rings. The molecule has 6 heteroatoms. The smallest absolute Gasteiger partial charge is 0.166 e. The Labute approximate surface area is 134 Å². The molecule has 2 aromatic heterocycles. The van der Waals surface area contributed by atoms with Crippen molar-refractivity contribution in [2.75, 3.05) is 12.0 Å². The summed E-state index contributed by atoms with van der Waals surface area (Å²) in [4.78, 5) is 7.63. The van der Waals surface area contributed by atoms with E-state index in [1.165, 1.54) is 32.1 Å². The highest BCUT2D eigenvalue weighted by Gasteiger charge is 2.01. The number of thioether (sulfide) groups is 2. The number of nitrogens with zero attached hydrogens (tertiary/aromatic N) is 2. The number of hydrogen-bond donors (Lipinski definition) is 1. The van der Waals surface area contributed by atoms with Crippen LogP contribution in [0.15, 0.2) is 27.0 Å². The van der Waals surface area contributed by atoms with Crippen molar-refractivity contribution in [2.45, 2.75) is 55.6 Å². The topological polar surface area (TPSA) is 54.7 Å². The molecule has 116 valence electrons. The van der Waals surface area contributed by atoms with Gasteiger partial charge in [-0.3, -0.25) is 0 Å². The molecule has 0 aliphatic rings. The molecule has 0 aliphatic carbocycles. The number of rotatable bonds is 10. The van der Waals surface area contributed by atoms with Crippen LogP contribution in [0, 0.1) is 6.92 Å². The van der Waals surface area contributed by atoms with Crippen molar-refractivity contribution in [1.82, 2.24) is 15.1 Å². The van der Waals surface area contributed by atoms with Gasteiger partial charge in [-0.05, 0) is 26.0 Å². The van der Waals surface area contributed by atoms with E-state index in [0.29, 0.717) is 0 Å². The van der Waals surface area contributed by atoms with Crippen molar-refractivity contribution >= 4 is 23.5 Å². The fraction of sp³-hybridized carbons (Fsp3) is 0.600. The fourth-order valence-corrected chi connectivity index (χ4v) is 3.37. The first-order valence-electron chi connectivity index (χ1n) is 7.42. The molecule has 2 rings (SSSR count). The Bertz CT molecular complexity index is 524. The van der Waals surface area contributed by atoms with Crippen molar-refractivity contribution < 1.29 is 4.52 Å². The number of nitrogens with one attached hydrogen (secondary N) is 1. The van der Waals surface area contributed by atoms with Crippen molar-refractivity contribution in [1.29, 1.82) is 0 Å². The van der Waals surface area contributed by atoms with Crippen LogP contribution >= 0.6 is 23.5 Å². The maximum Gasteiger partial charge on any atom is 0.166 e. The van der Waals surface area contributed by atoms with E-state index in [-0.39, 0.29) is 0 Å². The SMILES string of the molecule is CSc1cnc(SCCCCCCCc2cc(C)no2)[nH]1. The second kappa shape index (κ2) is 9.20. The van der Waals surface area contributed by atoms with Gasteiger partial charge in [0.1, 0.15) is 5.76 Å². The zero-order valence-electron chi connectivity index (χ0n) is 12.7. The molecular formula is C15H23N3OS2. The van der Waals surface area contributed by atoms with Crippen LogP contribution in [0.3, 0.4) is 0 Å². The Hall–Kier alpha value is -0.880. The number of imidazole rings is 1. The number of aryl methyl sites for hydroxylation is 2. The Kier molecular flexibility index (Phi) is 7.23. The average molecular weight is 326 g/mol. The Balaban J connectivity index is 1.45. The first-order valence-corrected chi connectivity index (χ1v) is 9.63. The van der Waals surface area contributed by atoms with E-state index >= 15 is 0 Å². The monoisotopic (exact) mass is 325 g/mol. The van der Waals surface area contributed by atoms with E-state index in [2.05, 4.69) is 21.4 Å². The molecule has 0 atom stereocenters. The third-order valence-corrected chi connectivity index (χ3v) is 4.85. The van der Waals surface area contributed by atoms with E-state index < -0.39 is 0 Å². The number of aromatic amines is 1. The average Bonchev–Trinajstić information content (AvgIpc) is 3.10. The van der Waals surface area contributed by atoms with Crippen molar-refractivity contribution in [3.05, 3.63) is 23.7 Å². The highest BCUT2D eigenvalue weighted by Crippen LogP contribution is 2.20. The zero-order valence-corrected chi connectivity index (χ0v) is 14.4. The highest BCUT2D eigenvalue weighted by molar-refractivity contribution is 7.99. The minimum Gasteiger partial charge on any atom is -0.361 e. The Morgan fingerprint density at radius 3 is 2.71 bits per heavy atom. The maximum atomic E-state index is 5.20. The van der Waals surface area contributed by atoms with Gasteiger partial charge in [0, 0.05) is 18.2 Å². The van der Waals surface area contributed by atoms with Crippen molar-refractivity contribution in [3.8, 4) is 0 Å². The summed E-state index contributed by atoms with van der Waals surface area (Å²) in [6.07, 6.45) is 11.3. The van der Waals surface area contributed by atoms with E-state index in [4.69, 9.17) is 4.52 Å². The summed E-state index contributed by atoms with van der Waals surface area (Å²) in [6, 6.07) is 2.03. The van der Waals surface area contributed by atoms with Crippen LogP contribution in [-0.4, -0.2) is 27.1 Å². The first kappa shape index (κ1) is 16.5. The Morgan fingerprint density at radius 2 is 2.00 bits per heavy atom. The molecule has 1 N–H and O–H groups in total. The summed E-state index contributed by atoms with van der Waals surface area (Å²) < 4.78 is 5.20. The minimum absolute atomic E-state index is 0.976. The second-order valence-electron chi connectivity index (χ2n) is 5.06. The lowest BCUT2D eigenvalue weighted by molar-refractivity contribution is 0.375. The summed E-state index contributed by atoms with van der Waals surface area (Å²) in [5, 5.41) is 6.09. The van der Waals surface area contributed by atoms with Gasteiger partial charge in [0.2, 0.25) is 0 Å². The molecule has 0 bridgehead atoms. The molecule has 2 heterocycles. The van der Waals surface area contributed by atoms with Gasteiger partial charge in [0.05, 0.1) is 16.9 Å². The molecule has 4 nitrogen and oxygen atoms in total. The number of H-pyrrole nitrogens is 1. The maximum absolute atomic E-state index is 5.20. The van der Waals surface area contributed by atoms with Crippen LogP contribution in [0.1, 0.15) is 43.6 Å². The predicted octanol–water partition coefficient (Wildman–Crippen LogP) is 4.71. The fourth-order valence-electron chi connectivity index (χ4n) is 2.10. The van der Waals surface area contributed by atoms with Crippen LogP contribution in [0.5, 0.6) is 0 Å². The predicted molar refractivity (Wildman–Crippen MR) is 89.1 cm³/mol. The molecule has 2 aromatic rings. The Morgan fingerprint density at radius 1 is 1.19 bits per heavy atom. The molecule has 0 unspecified atom stereocenters. The molecule has 0 amide bonds. The molecule has 0 aromatic carbocycles. The minimum atomic E-state index is 0.976. The molecule has 0 radical (unpaired) electrons. The standard InChI is InChI=1S/C15H23N3OS2/c1-12-10-13(19-18-12)8-6-4-3-5-7-9-21-15-16-11-14(17-15)20-2/h10-11H,3-9H2,1-2H3,(H,16,17). The van der Waals surface area contributed by atoms with Gasteiger partial charge in [-0.25, -0.2) is 4.98 Å². The third-order valence-electron chi connectivity index (χ3n) is 3.23. The molecule has 0 saturated heterocycles. The van der Waals surface area contributed by atoms with Gasteiger partial charge in [0.25, 0.3) is 0 Å². The van der Waals surface area contributed by atoms with E-state index in [1.54, 1.807) is 11.8 Å². The molecule has 0 aliphatic heterocycles. The lowest BCUT2D eigenvalue weighted by atomic mass is 10.1. The second-order valence-corrected chi connectivity index (χ2v) is 6.99. The van der Waals surface area contributed by atoms with Crippen LogP contribution in [0.4, 0.5) is 0 Å². The summed E-state index contributed by atoms with van der Waals surface area (Å²) >= 11 is 3.52. The first-order chi connectivity index (χ1) is 10.3. The lowest BCUT2D eigenvalue weighted by Gasteiger charge is -2.00. The van der Waals surface area contributed by atoms with Crippen LogP contribution < -0.4 is 0 Å². The summed E-state index contributed by atoms with van der Waals surface area (Å²) in [7, 11) is 0. The van der Waals surface area contributed by atoms with E-state index in [9.17, 15) is 0 Å². The number of unbranched alkanes of at least 4 members (excludes halogenated alkanes) is 4. The number of hydrogen-bond acceptors (Lipinski definition) is 5. The molecule has 21 heavy (non-hydrogen) atoms. The van der Waals surface area contributed by atoms with E-state index in [0.717, 1.165) is 33.8 Å². The van der Waals surface area contributed by atoms with Crippen molar-refractivity contribution in [3.63, 3.8) is 0 Å². The summed E-state index contributed by atoms with van der Waals surface area (Å²) in [5.74, 6) is 2.16. The molecular weight excluding hydrogens is 302 g/mol. The van der Waals surface area contributed by atoms with Crippen LogP contribution in [0.25, 0.3) is 0 Å². The van der Waals surface area contributed by atoms with Gasteiger partial charge in [-0.15, -0.1) is 11.8 Å². The summed E-state index contributed by atoms with van der Waals surface area (Å²) in [5.41, 5.74) is 0.976. The van der Waals surface area contributed by atoms with Gasteiger partial charge < -0.3 is 9.51 Å². The zero-order chi connectivity index (χ0) is 14.9.